The third kappa shape index (κ3) is 5.24. The average Bonchev–Trinajstić information content (AvgIpc) is 3.05. The Kier molecular flexibility index (Phi) is 6.84. The van der Waals surface area contributed by atoms with Gasteiger partial charge in [0.25, 0.3) is 5.91 Å². The zero-order chi connectivity index (χ0) is 21.7. The molecule has 2 aromatic carbocycles. The lowest BCUT2D eigenvalue weighted by molar-refractivity contribution is -0.155. The number of ether oxygens (including phenoxy) is 1. The second kappa shape index (κ2) is 9.54. The molecule has 156 valence electrons. The van der Waals surface area contributed by atoms with E-state index in [1.54, 1.807) is 29.6 Å². The SMILES string of the molecule is Cc1ccc(C)c(NC(=O)C(OC(=O)CCn2c(C)csc2=O)c2ccccc2)c1. The zero-order valence-electron chi connectivity index (χ0n) is 17.2. The number of carbonyl (C=O) groups is 2. The minimum absolute atomic E-state index is 0.00241. The molecule has 0 spiro atoms. The van der Waals surface area contributed by atoms with Gasteiger partial charge in [-0.25, -0.2) is 0 Å². The zero-order valence-corrected chi connectivity index (χ0v) is 18.0. The summed E-state index contributed by atoms with van der Waals surface area (Å²) in [5.74, 6) is -0.968. The number of thiazole rings is 1. The van der Waals surface area contributed by atoms with Crippen LogP contribution < -0.4 is 10.2 Å². The summed E-state index contributed by atoms with van der Waals surface area (Å²) in [6.07, 6.45) is -1.09. The van der Waals surface area contributed by atoms with Gasteiger partial charge in [-0.1, -0.05) is 53.8 Å². The van der Waals surface area contributed by atoms with Gasteiger partial charge in [0.15, 0.2) is 0 Å². The molecule has 7 heteroatoms. The largest absolute Gasteiger partial charge is 0.447 e. The second-order valence-electron chi connectivity index (χ2n) is 7.13. The van der Waals surface area contributed by atoms with Crippen LogP contribution in [0.1, 0.15) is 34.9 Å². The molecule has 1 unspecified atom stereocenters. The Morgan fingerprint density at radius 2 is 1.83 bits per heavy atom. The molecule has 0 saturated carbocycles. The Bertz CT molecular complexity index is 1100. The number of carbonyl (C=O) groups excluding carboxylic acids is 2. The third-order valence-corrected chi connectivity index (χ3v) is 5.64. The fraction of sp³-hybridized carbons (Fsp3) is 0.261. The maximum Gasteiger partial charge on any atom is 0.308 e. The second-order valence-corrected chi connectivity index (χ2v) is 7.95. The lowest BCUT2D eigenvalue weighted by atomic mass is 10.1. The number of nitrogens with one attached hydrogen (secondary N) is 1. The molecular formula is C23H24N2O4S. The normalized spacial score (nSPS) is 11.7. The van der Waals surface area contributed by atoms with E-state index in [4.69, 9.17) is 4.74 Å². The molecule has 0 aliphatic carbocycles. The lowest BCUT2D eigenvalue weighted by Crippen LogP contribution is -2.27. The van der Waals surface area contributed by atoms with Crippen LogP contribution in [0.3, 0.4) is 0 Å². The fourth-order valence-corrected chi connectivity index (χ4v) is 3.80. The van der Waals surface area contributed by atoms with Crippen LogP contribution in [0.25, 0.3) is 0 Å². The van der Waals surface area contributed by atoms with Gasteiger partial charge in [-0.3, -0.25) is 14.4 Å². The standard InChI is InChI=1S/C23H24N2O4S/c1-15-9-10-16(2)19(13-15)24-22(27)21(18-7-5-4-6-8-18)29-20(26)11-12-25-17(3)14-30-23(25)28/h4-10,13-14,21H,11-12H2,1-3H3,(H,24,27). The fourth-order valence-electron chi connectivity index (χ4n) is 3.04. The van der Waals surface area contributed by atoms with Gasteiger partial charge in [0.1, 0.15) is 0 Å². The number of anilines is 1. The van der Waals surface area contributed by atoms with Gasteiger partial charge in [-0.2, -0.15) is 0 Å². The molecule has 1 atom stereocenters. The molecule has 30 heavy (non-hydrogen) atoms. The Hall–Kier alpha value is -3.19. The van der Waals surface area contributed by atoms with Crippen molar-refractivity contribution in [3.05, 3.63) is 86.0 Å². The minimum Gasteiger partial charge on any atom is -0.447 e. The Morgan fingerprint density at radius 1 is 1.10 bits per heavy atom. The van der Waals surface area contributed by atoms with Crippen LogP contribution in [0.4, 0.5) is 5.69 Å². The molecule has 0 fully saturated rings. The first-order valence-corrected chi connectivity index (χ1v) is 10.5. The topological polar surface area (TPSA) is 77.4 Å². The van der Waals surface area contributed by atoms with Gasteiger partial charge in [0.05, 0.1) is 6.42 Å². The molecule has 0 radical (unpaired) electrons. The van der Waals surface area contributed by atoms with Gasteiger partial charge in [0, 0.05) is 28.9 Å². The maximum absolute atomic E-state index is 13.0. The van der Waals surface area contributed by atoms with Gasteiger partial charge >= 0.3 is 10.8 Å². The molecule has 0 aliphatic rings. The molecule has 0 saturated heterocycles. The highest BCUT2D eigenvalue weighted by molar-refractivity contribution is 7.07. The number of aromatic nitrogens is 1. The number of amides is 1. The number of hydrogen-bond acceptors (Lipinski definition) is 5. The number of benzene rings is 2. The highest BCUT2D eigenvalue weighted by Crippen LogP contribution is 2.23. The minimum atomic E-state index is -1.08. The van der Waals surface area contributed by atoms with Crippen molar-refractivity contribution in [2.75, 3.05) is 5.32 Å². The molecule has 0 bridgehead atoms. The monoisotopic (exact) mass is 424 g/mol. The van der Waals surface area contributed by atoms with E-state index in [1.807, 2.05) is 45.0 Å². The van der Waals surface area contributed by atoms with E-state index in [0.717, 1.165) is 28.2 Å². The summed E-state index contributed by atoms with van der Waals surface area (Å²) >= 11 is 1.09. The smallest absolute Gasteiger partial charge is 0.308 e. The van der Waals surface area contributed by atoms with Crippen LogP contribution in [0.15, 0.2) is 58.7 Å². The van der Waals surface area contributed by atoms with Crippen LogP contribution in [0, 0.1) is 20.8 Å². The van der Waals surface area contributed by atoms with Crippen molar-refractivity contribution in [1.82, 2.24) is 4.57 Å². The summed E-state index contributed by atoms with van der Waals surface area (Å²) in [7, 11) is 0. The number of aryl methyl sites for hydroxylation is 3. The molecule has 3 rings (SSSR count). The van der Waals surface area contributed by atoms with Crippen LogP contribution in [0.5, 0.6) is 0 Å². The van der Waals surface area contributed by atoms with Crippen molar-refractivity contribution >= 4 is 28.9 Å². The first-order valence-electron chi connectivity index (χ1n) is 9.62. The summed E-state index contributed by atoms with van der Waals surface area (Å²) in [5.41, 5.74) is 3.99. The molecule has 0 aliphatic heterocycles. The Labute approximate surface area is 179 Å². The number of nitrogens with zero attached hydrogens (tertiary/aromatic N) is 1. The molecule has 1 amide bonds. The Morgan fingerprint density at radius 3 is 2.50 bits per heavy atom. The molecule has 1 heterocycles. The van der Waals surface area contributed by atoms with E-state index in [-0.39, 0.29) is 17.8 Å². The number of hydrogen-bond donors (Lipinski definition) is 1. The van der Waals surface area contributed by atoms with Crippen molar-refractivity contribution in [2.45, 2.75) is 39.8 Å². The van der Waals surface area contributed by atoms with Gasteiger partial charge in [0.2, 0.25) is 6.10 Å². The first kappa shape index (κ1) is 21.5. The van der Waals surface area contributed by atoms with E-state index in [9.17, 15) is 14.4 Å². The van der Waals surface area contributed by atoms with Crippen molar-refractivity contribution in [2.24, 2.45) is 0 Å². The molecule has 1 N–H and O–H groups in total. The molecule has 3 aromatic rings. The summed E-state index contributed by atoms with van der Waals surface area (Å²) in [5, 5.41) is 4.62. The van der Waals surface area contributed by atoms with Crippen molar-refractivity contribution in [3.8, 4) is 0 Å². The quantitative estimate of drug-likeness (QED) is 0.578. The Balaban J connectivity index is 1.75. The molecule has 6 nitrogen and oxygen atoms in total. The first-order chi connectivity index (χ1) is 14.3. The van der Waals surface area contributed by atoms with E-state index >= 15 is 0 Å². The van der Waals surface area contributed by atoms with Crippen LogP contribution in [0.2, 0.25) is 0 Å². The number of rotatable bonds is 7. The van der Waals surface area contributed by atoms with Crippen molar-refractivity contribution in [3.63, 3.8) is 0 Å². The van der Waals surface area contributed by atoms with Crippen LogP contribution in [-0.4, -0.2) is 16.4 Å². The maximum atomic E-state index is 13.0. The summed E-state index contributed by atoms with van der Waals surface area (Å²) < 4.78 is 7.08. The van der Waals surface area contributed by atoms with Gasteiger partial charge in [-0.05, 0) is 38.0 Å². The molecular weight excluding hydrogens is 400 g/mol. The summed E-state index contributed by atoms with van der Waals surface area (Å²) in [6.45, 7) is 5.87. The number of esters is 1. The predicted octanol–water partition coefficient (Wildman–Crippen LogP) is 4.15. The van der Waals surface area contributed by atoms with E-state index in [0.29, 0.717) is 11.3 Å². The highest BCUT2D eigenvalue weighted by Gasteiger charge is 2.25. The third-order valence-electron chi connectivity index (χ3n) is 4.76. The van der Waals surface area contributed by atoms with Gasteiger partial charge < -0.3 is 14.6 Å². The van der Waals surface area contributed by atoms with E-state index in [1.165, 1.54) is 4.57 Å². The summed E-state index contributed by atoms with van der Waals surface area (Å²) in [6, 6.07) is 14.7. The summed E-state index contributed by atoms with van der Waals surface area (Å²) in [4.78, 5) is 37.2. The lowest BCUT2D eigenvalue weighted by Gasteiger charge is -2.19. The molecule has 1 aromatic heterocycles. The highest BCUT2D eigenvalue weighted by atomic mass is 32.1. The van der Waals surface area contributed by atoms with Gasteiger partial charge in [-0.15, -0.1) is 0 Å². The predicted molar refractivity (Wildman–Crippen MR) is 118 cm³/mol. The van der Waals surface area contributed by atoms with Crippen LogP contribution in [-0.2, 0) is 20.9 Å². The van der Waals surface area contributed by atoms with Crippen LogP contribution >= 0.6 is 11.3 Å². The van der Waals surface area contributed by atoms with E-state index < -0.39 is 18.0 Å². The van der Waals surface area contributed by atoms with Crippen molar-refractivity contribution < 1.29 is 14.3 Å². The van der Waals surface area contributed by atoms with Crippen molar-refractivity contribution in [1.29, 1.82) is 0 Å². The average molecular weight is 425 g/mol. The van der Waals surface area contributed by atoms with E-state index in [2.05, 4.69) is 5.32 Å².